The molecule has 2 aromatic carbocycles. The van der Waals surface area contributed by atoms with Gasteiger partial charge in [0.2, 0.25) is 0 Å². The molecular formula is C21H20N2O4. The number of aliphatic hydroxyl groups is 1. The van der Waals surface area contributed by atoms with Gasteiger partial charge in [0.05, 0.1) is 18.8 Å². The highest BCUT2D eigenvalue weighted by molar-refractivity contribution is 6.07. The first-order valence-electron chi connectivity index (χ1n) is 8.46. The predicted octanol–water partition coefficient (Wildman–Crippen LogP) is 3.47. The average molecular weight is 364 g/mol. The van der Waals surface area contributed by atoms with E-state index in [-0.39, 0.29) is 19.0 Å². The summed E-state index contributed by atoms with van der Waals surface area (Å²) in [7, 11) is 0. The molecule has 6 nitrogen and oxygen atoms in total. The molecule has 3 aromatic rings. The summed E-state index contributed by atoms with van der Waals surface area (Å²) in [5, 5.41) is 19.6. The standard InChI is InChI=1S/C21H20N2O4/c1-21(2,11-24)12-26-16-8-7-13(9-14(16)10-22)18-15-5-3-4-6-17(15)27-19(18)20(23)25/h3-9,24H,11-12H2,1-2H3,(H2,23,25). The third kappa shape index (κ3) is 3.64. The summed E-state index contributed by atoms with van der Waals surface area (Å²) < 4.78 is 11.3. The van der Waals surface area contributed by atoms with Crippen LogP contribution in [-0.2, 0) is 0 Å². The van der Waals surface area contributed by atoms with Crippen LogP contribution in [0.25, 0.3) is 22.1 Å². The molecule has 0 saturated heterocycles. The maximum Gasteiger partial charge on any atom is 0.285 e. The molecule has 6 heteroatoms. The Balaban J connectivity index is 2.07. The van der Waals surface area contributed by atoms with Gasteiger partial charge in [0, 0.05) is 16.4 Å². The Morgan fingerprint density at radius 3 is 2.70 bits per heavy atom. The smallest absolute Gasteiger partial charge is 0.285 e. The molecule has 0 atom stereocenters. The maximum absolute atomic E-state index is 11.8. The van der Waals surface area contributed by atoms with Gasteiger partial charge in [0.1, 0.15) is 17.4 Å². The number of nitrogens with zero attached hydrogens (tertiary/aromatic N) is 1. The van der Waals surface area contributed by atoms with Gasteiger partial charge in [-0.3, -0.25) is 4.79 Å². The van der Waals surface area contributed by atoms with Gasteiger partial charge < -0.3 is 20.0 Å². The van der Waals surface area contributed by atoms with Crippen LogP contribution in [0.4, 0.5) is 0 Å². The number of rotatable bonds is 6. The van der Waals surface area contributed by atoms with Gasteiger partial charge in [0.15, 0.2) is 5.76 Å². The molecule has 0 aliphatic carbocycles. The number of amides is 1. The van der Waals surface area contributed by atoms with Crippen LogP contribution in [0, 0.1) is 16.7 Å². The number of nitriles is 1. The van der Waals surface area contributed by atoms with E-state index in [1.807, 2.05) is 26.0 Å². The molecule has 0 aliphatic rings. The average Bonchev–Trinajstić information content (AvgIpc) is 3.06. The van der Waals surface area contributed by atoms with E-state index in [1.165, 1.54) is 0 Å². The molecule has 3 N–H and O–H groups in total. The van der Waals surface area contributed by atoms with Crippen LogP contribution in [-0.4, -0.2) is 24.2 Å². The highest BCUT2D eigenvalue weighted by Gasteiger charge is 2.22. The van der Waals surface area contributed by atoms with Gasteiger partial charge in [-0.25, -0.2) is 0 Å². The van der Waals surface area contributed by atoms with Crippen LogP contribution >= 0.6 is 0 Å². The molecule has 3 rings (SSSR count). The number of benzene rings is 2. The minimum Gasteiger partial charge on any atom is -0.492 e. The lowest BCUT2D eigenvalue weighted by Crippen LogP contribution is -2.25. The third-order valence-corrected chi connectivity index (χ3v) is 4.25. The van der Waals surface area contributed by atoms with Crippen molar-refractivity contribution < 1.29 is 19.1 Å². The molecule has 1 heterocycles. The van der Waals surface area contributed by atoms with Crippen molar-refractivity contribution in [2.75, 3.05) is 13.2 Å². The van der Waals surface area contributed by atoms with E-state index in [2.05, 4.69) is 6.07 Å². The third-order valence-electron chi connectivity index (χ3n) is 4.25. The van der Waals surface area contributed by atoms with Crippen LogP contribution in [0.15, 0.2) is 46.9 Å². The summed E-state index contributed by atoms with van der Waals surface area (Å²) >= 11 is 0. The number of fused-ring (bicyclic) bond motifs is 1. The highest BCUT2D eigenvalue weighted by Crippen LogP contribution is 2.36. The lowest BCUT2D eigenvalue weighted by Gasteiger charge is -2.22. The second-order valence-electron chi connectivity index (χ2n) is 7.10. The number of nitrogens with two attached hydrogens (primary N) is 1. The van der Waals surface area contributed by atoms with Crippen molar-refractivity contribution >= 4 is 16.9 Å². The molecule has 0 unspecified atom stereocenters. The van der Waals surface area contributed by atoms with Gasteiger partial charge in [0.25, 0.3) is 5.91 Å². The van der Waals surface area contributed by atoms with Crippen LogP contribution < -0.4 is 10.5 Å². The second kappa shape index (κ2) is 7.14. The molecule has 138 valence electrons. The molecule has 0 saturated carbocycles. The van der Waals surface area contributed by atoms with Gasteiger partial charge in [-0.1, -0.05) is 38.1 Å². The van der Waals surface area contributed by atoms with Crippen molar-refractivity contribution in [3.8, 4) is 22.9 Å². The minimum absolute atomic E-state index is 0.0318. The first-order chi connectivity index (χ1) is 12.9. The Hall–Kier alpha value is -3.30. The first kappa shape index (κ1) is 18.5. The van der Waals surface area contributed by atoms with Gasteiger partial charge >= 0.3 is 0 Å². The van der Waals surface area contributed by atoms with Crippen LogP contribution in [0.2, 0.25) is 0 Å². The number of furan rings is 1. The zero-order valence-corrected chi connectivity index (χ0v) is 15.2. The fraction of sp³-hybridized carbons (Fsp3) is 0.238. The van der Waals surface area contributed by atoms with Gasteiger partial charge in [-0.2, -0.15) is 5.26 Å². The van der Waals surface area contributed by atoms with E-state index >= 15 is 0 Å². The minimum atomic E-state index is -0.676. The lowest BCUT2D eigenvalue weighted by molar-refractivity contribution is 0.0973. The molecule has 1 aromatic heterocycles. The summed E-state index contributed by atoms with van der Waals surface area (Å²) in [6.07, 6.45) is 0. The summed E-state index contributed by atoms with van der Waals surface area (Å²) in [6, 6.07) is 14.4. The SMILES string of the molecule is CC(C)(CO)COc1ccc(-c2c(C(N)=O)oc3ccccc23)cc1C#N. The number of para-hydroxylation sites is 1. The van der Waals surface area contributed by atoms with E-state index in [1.54, 1.807) is 30.3 Å². The number of aliphatic hydroxyl groups excluding tert-OH is 1. The number of primary amides is 1. The van der Waals surface area contributed by atoms with Crippen molar-refractivity contribution in [2.45, 2.75) is 13.8 Å². The van der Waals surface area contributed by atoms with Crippen LogP contribution in [0.3, 0.4) is 0 Å². The van der Waals surface area contributed by atoms with Crippen molar-refractivity contribution in [1.29, 1.82) is 5.26 Å². The van der Waals surface area contributed by atoms with Crippen LogP contribution in [0.1, 0.15) is 30.0 Å². The van der Waals surface area contributed by atoms with E-state index in [4.69, 9.17) is 14.9 Å². The second-order valence-corrected chi connectivity index (χ2v) is 7.10. The molecule has 0 fully saturated rings. The summed E-state index contributed by atoms with van der Waals surface area (Å²) in [6.45, 7) is 3.96. The summed E-state index contributed by atoms with van der Waals surface area (Å²) in [5.74, 6) is -0.212. The van der Waals surface area contributed by atoms with Crippen molar-refractivity contribution in [1.82, 2.24) is 0 Å². The molecule has 0 spiro atoms. The molecular weight excluding hydrogens is 344 g/mol. The van der Waals surface area contributed by atoms with Crippen molar-refractivity contribution in [2.24, 2.45) is 11.1 Å². The topological polar surface area (TPSA) is 109 Å². The fourth-order valence-corrected chi connectivity index (χ4v) is 2.72. The zero-order valence-electron chi connectivity index (χ0n) is 15.2. The quantitative estimate of drug-likeness (QED) is 0.696. The Morgan fingerprint density at radius 2 is 2.04 bits per heavy atom. The molecule has 0 radical (unpaired) electrons. The monoisotopic (exact) mass is 364 g/mol. The largest absolute Gasteiger partial charge is 0.492 e. The Labute approximate surface area is 156 Å². The van der Waals surface area contributed by atoms with E-state index < -0.39 is 11.3 Å². The fourth-order valence-electron chi connectivity index (χ4n) is 2.72. The van der Waals surface area contributed by atoms with Crippen LogP contribution in [0.5, 0.6) is 5.75 Å². The Bertz CT molecular complexity index is 1040. The van der Waals surface area contributed by atoms with E-state index in [9.17, 15) is 15.2 Å². The summed E-state index contributed by atoms with van der Waals surface area (Å²) in [4.78, 5) is 11.8. The Kier molecular flexibility index (Phi) is 4.89. The van der Waals surface area contributed by atoms with Crippen molar-refractivity contribution in [3.05, 3.63) is 53.8 Å². The number of carbonyl (C=O) groups is 1. The number of ether oxygens (including phenoxy) is 1. The van der Waals surface area contributed by atoms with Gasteiger partial charge in [-0.15, -0.1) is 0 Å². The zero-order chi connectivity index (χ0) is 19.6. The Morgan fingerprint density at radius 1 is 1.30 bits per heavy atom. The van der Waals surface area contributed by atoms with E-state index in [0.717, 1.165) is 5.39 Å². The molecule has 0 bridgehead atoms. The molecule has 1 amide bonds. The van der Waals surface area contributed by atoms with Crippen molar-refractivity contribution in [3.63, 3.8) is 0 Å². The van der Waals surface area contributed by atoms with E-state index in [0.29, 0.717) is 28.0 Å². The predicted molar refractivity (Wildman–Crippen MR) is 101 cm³/mol. The number of hydrogen-bond acceptors (Lipinski definition) is 5. The highest BCUT2D eigenvalue weighted by atomic mass is 16.5. The van der Waals surface area contributed by atoms with Gasteiger partial charge in [-0.05, 0) is 23.8 Å². The number of carbonyl (C=O) groups excluding carboxylic acids is 1. The molecule has 27 heavy (non-hydrogen) atoms. The maximum atomic E-state index is 11.8. The first-order valence-corrected chi connectivity index (χ1v) is 8.46. The number of hydrogen-bond donors (Lipinski definition) is 2. The summed E-state index contributed by atoms with van der Waals surface area (Å²) in [5.41, 5.74) is 7.11. The lowest BCUT2D eigenvalue weighted by atomic mass is 9.96. The normalized spacial score (nSPS) is 11.3. The molecule has 0 aliphatic heterocycles.